The quantitative estimate of drug-likeness (QED) is 0.554. The van der Waals surface area contributed by atoms with Gasteiger partial charge in [-0.15, -0.1) is 0 Å². The first-order valence-corrected chi connectivity index (χ1v) is 8.27. The number of benzene rings is 2. The van der Waals surface area contributed by atoms with Crippen LogP contribution in [0.3, 0.4) is 0 Å². The fourth-order valence-corrected chi connectivity index (χ4v) is 2.24. The van der Waals surface area contributed by atoms with Crippen LogP contribution in [0.5, 0.6) is 11.5 Å². The Labute approximate surface area is 164 Å². The van der Waals surface area contributed by atoms with E-state index in [1.54, 1.807) is 18.2 Å². The lowest BCUT2D eigenvalue weighted by Gasteiger charge is -2.10. The summed E-state index contributed by atoms with van der Waals surface area (Å²) in [6, 6.07) is 8.98. The normalized spacial score (nSPS) is 11.2. The molecule has 2 aromatic rings. The molecule has 0 aliphatic heterocycles. The highest BCUT2D eigenvalue weighted by Crippen LogP contribution is 2.30. The Hall–Kier alpha value is -3.49. The molecular formula is C20H18F3NO5. The number of esters is 1. The zero-order valence-corrected chi connectivity index (χ0v) is 15.6. The van der Waals surface area contributed by atoms with Crippen molar-refractivity contribution in [2.45, 2.75) is 6.18 Å². The molecule has 0 heterocycles. The Morgan fingerprint density at radius 2 is 1.66 bits per heavy atom. The molecule has 2 rings (SSSR count). The number of halogens is 3. The Morgan fingerprint density at radius 3 is 2.24 bits per heavy atom. The molecular weight excluding hydrogens is 391 g/mol. The topological polar surface area (TPSA) is 73.9 Å². The summed E-state index contributed by atoms with van der Waals surface area (Å²) in [4.78, 5) is 23.6. The molecule has 1 amide bonds. The molecule has 154 valence electrons. The summed E-state index contributed by atoms with van der Waals surface area (Å²) >= 11 is 0. The van der Waals surface area contributed by atoms with Crippen molar-refractivity contribution in [1.29, 1.82) is 0 Å². The minimum absolute atomic E-state index is 0.379. The Bertz CT molecular complexity index is 892. The highest BCUT2D eigenvalue weighted by Gasteiger charge is 2.29. The number of rotatable bonds is 7. The summed E-state index contributed by atoms with van der Waals surface area (Å²) in [6.45, 7) is -0.537. The third-order valence-corrected chi connectivity index (χ3v) is 3.66. The van der Waals surface area contributed by atoms with Gasteiger partial charge in [-0.1, -0.05) is 12.1 Å². The molecule has 0 unspecified atom stereocenters. The van der Waals surface area contributed by atoms with Crippen molar-refractivity contribution in [2.24, 2.45) is 0 Å². The largest absolute Gasteiger partial charge is 0.493 e. The van der Waals surface area contributed by atoms with Crippen molar-refractivity contribution in [3.8, 4) is 11.5 Å². The van der Waals surface area contributed by atoms with Gasteiger partial charge in [-0.3, -0.25) is 4.79 Å². The molecule has 0 radical (unpaired) electrons. The van der Waals surface area contributed by atoms with Crippen LogP contribution in [0.2, 0.25) is 0 Å². The van der Waals surface area contributed by atoms with Gasteiger partial charge in [0.2, 0.25) is 0 Å². The number of methoxy groups -OCH3 is 2. The SMILES string of the molecule is COc1ccc(NC(=O)COC(=O)/C=C/c2ccc(C(F)(F)F)cc2)cc1OC. The van der Waals surface area contributed by atoms with Gasteiger partial charge >= 0.3 is 12.1 Å². The van der Waals surface area contributed by atoms with Crippen LogP contribution in [0.15, 0.2) is 48.5 Å². The monoisotopic (exact) mass is 409 g/mol. The number of hydrogen-bond acceptors (Lipinski definition) is 5. The second-order valence-corrected chi connectivity index (χ2v) is 5.68. The van der Waals surface area contributed by atoms with Crippen LogP contribution in [0.4, 0.5) is 18.9 Å². The minimum atomic E-state index is -4.43. The Kier molecular flexibility index (Phi) is 7.24. The molecule has 0 spiro atoms. The lowest BCUT2D eigenvalue weighted by molar-refractivity contribution is -0.142. The number of carbonyl (C=O) groups is 2. The number of ether oxygens (including phenoxy) is 3. The van der Waals surface area contributed by atoms with Crippen LogP contribution < -0.4 is 14.8 Å². The first-order chi connectivity index (χ1) is 13.7. The number of nitrogens with one attached hydrogen (secondary N) is 1. The highest BCUT2D eigenvalue weighted by molar-refractivity contribution is 5.94. The van der Waals surface area contributed by atoms with Gasteiger partial charge in [0.25, 0.3) is 5.91 Å². The van der Waals surface area contributed by atoms with E-state index in [-0.39, 0.29) is 0 Å². The highest BCUT2D eigenvalue weighted by atomic mass is 19.4. The van der Waals surface area contributed by atoms with E-state index in [1.165, 1.54) is 32.4 Å². The number of alkyl halides is 3. The van der Waals surface area contributed by atoms with Gasteiger partial charge in [-0.05, 0) is 35.9 Å². The predicted octanol–water partition coefficient (Wildman–Crippen LogP) is 3.92. The van der Waals surface area contributed by atoms with Crippen molar-refractivity contribution in [1.82, 2.24) is 0 Å². The first-order valence-electron chi connectivity index (χ1n) is 8.27. The van der Waals surface area contributed by atoms with E-state index < -0.39 is 30.2 Å². The molecule has 0 bridgehead atoms. The van der Waals surface area contributed by atoms with Crippen molar-refractivity contribution < 1.29 is 37.0 Å². The van der Waals surface area contributed by atoms with Crippen molar-refractivity contribution in [3.63, 3.8) is 0 Å². The Morgan fingerprint density at radius 1 is 1.00 bits per heavy atom. The summed E-state index contributed by atoms with van der Waals surface area (Å²) in [7, 11) is 2.93. The summed E-state index contributed by atoms with van der Waals surface area (Å²) in [6.07, 6.45) is -2.12. The number of anilines is 1. The van der Waals surface area contributed by atoms with E-state index >= 15 is 0 Å². The third-order valence-electron chi connectivity index (χ3n) is 3.66. The molecule has 29 heavy (non-hydrogen) atoms. The second kappa shape index (κ2) is 9.63. The summed E-state index contributed by atoms with van der Waals surface area (Å²) in [5.41, 5.74) is 0.0118. The van der Waals surface area contributed by atoms with E-state index in [2.05, 4.69) is 5.32 Å². The molecule has 9 heteroatoms. The fourth-order valence-electron chi connectivity index (χ4n) is 2.24. The standard InChI is InChI=1S/C20H18F3NO5/c1-27-16-9-8-15(11-17(16)28-2)24-18(25)12-29-19(26)10-5-13-3-6-14(7-4-13)20(21,22)23/h3-11H,12H2,1-2H3,(H,24,25)/b10-5+. The van der Waals surface area contributed by atoms with E-state index in [0.29, 0.717) is 22.7 Å². The van der Waals surface area contributed by atoms with E-state index in [4.69, 9.17) is 14.2 Å². The third kappa shape index (κ3) is 6.56. The smallest absolute Gasteiger partial charge is 0.416 e. The molecule has 0 aliphatic carbocycles. The van der Waals surface area contributed by atoms with Crippen molar-refractivity contribution in [3.05, 3.63) is 59.7 Å². The van der Waals surface area contributed by atoms with Crippen LogP contribution in [-0.4, -0.2) is 32.7 Å². The van der Waals surface area contributed by atoms with Gasteiger partial charge < -0.3 is 19.5 Å². The van der Waals surface area contributed by atoms with Gasteiger partial charge in [0.1, 0.15) is 0 Å². The van der Waals surface area contributed by atoms with Crippen LogP contribution in [0, 0.1) is 0 Å². The number of amides is 1. The molecule has 1 N–H and O–H groups in total. The second-order valence-electron chi connectivity index (χ2n) is 5.68. The van der Waals surface area contributed by atoms with E-state index in [0.717, 1.165) is 18.2 Å². The first kappa shape index (κ1) is 21.8. The van der Waals surface area contributed by atoms with E-state index in [1.807, 2.05) is 0 Å². The molecule has 0 fully saturated rings. The zero-order valence-electron chi connectivity index (χ0n) is 15.6. The van der Waals surface area contributed by atoms with Gasteiger partial charge in [0.15, 0.2) is 18.1 Å². The zero-order chi connectivity index (χ0) is 21.4. The van der Waals surface area contributed by atoms with Crippen molar-refractivity contribution >= 4 is 23.6 Å². The average molecular weight is 409 g/mol. The number of carbonyl (C=O) groups excluding carboxylic acids is 2. The molecule has 2 aromatic carbocycles. The maximum atomic E-state index is 12.5. The van der Waals surface area contributed by atoms with Crippen LogP contribution >= 0.6 is 0 Å². The summed E-state index contributed by atoms with van der Waals surface area (Å²) < 4.78 is 52.5. The molecule has 0 aromatic heterocycles. The van der Waals surface area contributed by atoms with Crippen LogP contribution in [0.25, 0.3) is 6.08 Å². The lowest BCUT2D eigenvalue weighted by Crippen LogP contribution is -2.20. The molecule has 6 nitrogen and oxygen atoms in total. The van der Waals surface area contributed by atoms with Crippen LogP contribution in [0.1, 0.15) is 11.1 Å². The van der Waals surface area contributed by atoms with Gasteiger partial charge in [-0.25, -0.2) is 4.79 Å². The van der Waals surface area contributed by atoms with Crippen LogP contribution in [-0.2, 0) is 20.5 Å². The van der Waals surface area contributed by atoms with Crippen molar-refractivity contribution in [2.75, 3.05) is 26.1 Å². The lowest BCUT2D eigenvalue weighted by atomic mass is 10.1. The van der Waals surface area contributed by atoms with Gasteiger partial charge in [-0.2, -0.15) is 13.2 Å². The molecule has 0 atom stereocenters. The summed E-state index contributed by atoms with van der Waals surface area (Å²) in [5, 5.41) is 2.54. The Balaban J connectivity index is 1.85. The average Bonchev–Trinajstić information content (AvgIpc) is 2.70. The van der Waals surface area contributed by atoms with E-state index in [9.17, 15) is 22.8 Å². The fraction of sp³-hybridized carbons (Fsp3) is 0.200. The summed E-state index contributed by atoms with van der Waals surface area (Å²) in [5.74, 6) is -0.479. The molecule has 0 aliphatic rings. The van der Waals surface area contributed by atoms with Gasteiger partial charge in [0, 0.05) is 17.8 Å². The van der Waals surface area contributed by atoms with Gasteiger partial charge in [0.05, 0.1) is 19.8 Å². The predicted molar refractivity (Wildman–Crippen MR) is 99.6 cm³/mol. The maximum absolute atomic E-state index is 12.5. The molecule has 0 saturated carbocycles. The number of hydrogen-bond donors (Lipinski definition) is 1. The maximum Gasteiger partial charge on any atom is 0.416 e. The molecule has 0 saturated heterocycles. The minimum Gasteiger partial charge on any atom is -0.493 e.